The Bertz CT molecular complexity index is 759. The van der Waals surface area contributed by atoms with E-state index < -0.39 is 17.3 Å². The first-order valence-electron chi connectivity index (χ1n) is 5.58. The van der Waals surface area contributed by atoms with Gasteiger partial charge in [0.15, 0.2) is 0 Å². The van der Waals surface area contributed by atoms with E-state index in [-0.39, 0.29) is 17.1 Å². The second kappa shape index (κ2) is 5.32. The Morgan fingerprint density at radius 1 is 1.50 bits per heavy atom. The summed E-state index contributed by atoms with van der Waals surface area (Å²) in [7, 11) is 0. The van der Waals surface area contributed by atoms with E-state index in [2.05, 4.69) is 15.3 Å². The second-order valence-electron chi connectivity index (χ2n) is 3.97. The van der Waals surface area contributed by atoms with Gasteiger partial charge in [0.1, 0.15) is 17.3 Å². The maximum atomic E-state index is 12.7. The van der Waals surface area contributed by atoms with E-state index in [9.17, 15) is 14.0 Å². The molecule has 7 heteroatoms. The summed E-state index contributed by atoms with van der Waals surface area (Å²) in [4.78, 5) is 29.4. The summed E-state index contributed by atoms with van der Waals surface area (Å²) in [5.74, 6) is -1.02. The van der Waals surface area contributed by atoms with Gasteiger partial charge in [-0.1, -0.05) is 0 Å². The molecular weight excluding hydrogens is 263 g/mol. The lowest BCUT2D eigenvalue weighted by Gasteiger charge is -2.07. The van der Waals surface area contributed by atoms with Crippen molar-refractivity contribution in [1.82, 2.24) is 9.97 Å². The number of nitriles is 1. The molecule has 0 fully saturated rings. The summed E-state index contributed by atoms with van der Waals surface area (Å²) < 4.78 is 12.7. The first-order chi connectivity index (χ1) is 9.51. The lowest BCUT2D eigenvalue weighted by Crippen LogP contribution is -2.21. The maximum Gasteiger partial charge on any atom is 0.273 e. The summed E-state index contributed by atoms with van der Waals surface area (Å²) in [6.45, 7) is 1.54. The van der Waals surface area contributed by atoms with Gasteiger partial charge in [-0.05, 0) is 24.6 Å². The third-order valence-corrected chi connectivity index (χ3v) is 2.62. The molecule has 0 unspecified atom stereocenters. The topological polar surface area (TPSA) is 98.6 Å². The van der Waals surface area contributed by atoms with Crippen LogP contribution >= 0.6 is 0 Å². The highest BCUT2D eigenvalue weighted by molar-refractivity contribution is 6.03. The molecule has 1 amide bonds. The van der Waals surface area contributed by atoms with Gasteiger partial charge >= 0.3 is 0 Å². The van der Waals surface area contributed by atoms with Crippen molar-refractivity contribution >= 4 is 11.7 Å². The van der Waals surface area contributed by atoms with Crippen LogP contribution in [0.15, 0.2) is 29.2 Å². The Balaban J connectivity index is 2.35. The maximum absolute atomic E-state index is 12.7. The number of hydrogen-bond acceptors (Lipinski definition) is 4. The summed E-state index contributed by atoms with van der Waals surface area (Å²) in [6, 6.07) is 5.38. The highest BCUT2D eigenvalue weighted by Gasteiger charge is 2.14. The third-order valence-electron chi connectivity index (χ3n) is 2.62. The average molecular weight is 272 g/mol. The Hall–Kier alpha value is -3.01. The lowest BCUT2D eigenvalue weighted by molar-refractivity contribution is 0.102. The van der Waals surface area contributed by atoms with Gasteiger partial charge in [-0.15, -0.1) is 0 Å². The van der Waals surface area contributed by atoms with Crippen molar-refractivity contribution in [3.63, 3.8) is 0 Å². The molecule has 100 valence electrons. The largest absolute Gasteiger partial charge is 0.318 e. The smallest absolute Gasteiger partial charge is 0.273 e. The molecule has 0 aliphatic carbocycles. The van der Waals surface area contributed by atoms with Crippen LogP contribution < -0.4 is 10.9 Å². The zero-order chi connectivity index (χ0) is 14.7. The van der Waals surface area contributed by atoms with Gasteiger partial charge < -0.3 is 10.3 Å². The van der Waals surface area contributed by atoms with Crippen LogP contribution in [-0.4, -0.2) is 15.9 Å². The number of hydrogen-bond donors (Lipinski definition) is 2. The molecule has 2 rings (SSSR count). The Kier molecular flexibility index (Phi) is 3.57. The number of nitrogens with one attached hydrogen (secondary N) is 2. The molecular formula is C13H9FN4O2. The number of halogens is 1. The Labute approximate surface area is 112 Å². The van der Waals surface area contributed by atoms with E-state index in [0.29, 0.717) is 5.56 Å². The molecule has 0 bridgehead atoms. The van der Waals surface area contributed by atoms with E-state index >= 15 is 0 Å². The molecule has 0 atom stereocenters. The third kappa shape index (κ3) is 2.70. The molecule has 6 nitrogen and oxygen atoms in total. The van der Waals surface area contributed by atoms with Crippen molar-refractivity contribution < 1.29 is 9.18 Å². The summed E-state index contributed by atoms with van der Waals surface area (Å²) in [5, 5.41) is 11.3. The highest BCUT2D eigenvalue weighted by Crippen LogP contribution is 2.11. The van der Waals surface area contributed by atoms with E-state index in [1.165, 1.54) is 6.07 Å². The summed E-state index contributed by atoms with van der Waals surface area (Å²) in [5.41, 5.74) is -0.109. The fraction of sp³-hybridized carbons (Fsp3) is 0.0769. The van der Waals surface area contributed by atoms with Crippen molar-refractivity contribution in [2.24, 2.45) is 0 Å². The number of nitrogens with zero attached hydrogens (tertiary/aromatic N) is 2. The fourth-order valence-electron chi connectivity index (χ4n) is 1.60. The number of anilines is 1. The van der Waals surface area contributed by atoms with Crippen molar-refractivity contribution in [1.29, 1.82) is 5.26 Å². The van der Waals surface area contributed by atoms with Crippen LogP contribution in [0, 0.1) is 24.1 Å². The quantitative estimate of drug-likeness (QED) is 0.861. The van der Waals surface area contributed by atoms with Crippen LogP contribution in [0.25, 0.3) is 0 Å². The Morgan fingerprint density at radius 3 is 2.85 bits per heavy atom. The molecule has 2 N–H and O–H groups in total. The minimum Gasteiger partial charge on any atom is -0.318 e. The molecule has 0 aliphatic heterocycles. The normalized spacial score (nSPS) is 9.85. The number of carbonyl (C=O) groups is 1. The lowest BCUT2D eigenvalue weighted by atomic mass is 10.1. The Morgan fingerprint density at radius 2 is 2.25 bits per heavy atom. The predicted octanol–water partition coefficient (Wildman–Crippen LogP) is 1.34. The number of rotatable bonds is 2. The summed E-state index contributed by atoms with van der Waals surface area (Å²) >= 11 is 0. The van der Waals surface area contributed by atoms with Crippen molar-refractivity contribution in [2.45, 2.75) is 6.92 Å². The molecule has 0 aromatic carbocycles. The minimum atomic E-state index is -0.629. The van der Waals surface area contributed by atoms with Crippen LogP contribution in [0.4, 0.5) is 10.2 Å². The number of H-pyrrole nitrogens is 1. The summed E-state index contributed by atoms with van der Waals surface area (Å²) in [6.07, 6.45) is 0.955. The van der Waals surface area contributed by atoms with Gasteiger partial charge in [0.25, 0.3) is 5.91 Å². The molecule has 20 heavy (non-hydrogen) atoms. The van der Waals surface area contributed by atoms with E-state index in [1.807, 2.05) is 6.07 Å². The average Bonchev–Trinajstić information content (AvgIpc) is 2.43. The minimum absolute atomic E-state index is 0.0276. The fourth-order valence-corrected chi connectivity index (χ4v) is 1.60. The molecule has 0 aliphatic rings. The number of aromatic amines is 1. The first-order valence-corrected chi connectivity index (χ1v) is 5.58. The van der Waals surface area contributed by atoms with Gasteiger partial charge in [0, 0.05) is 6.07 Å². The van der Waals surface area contributed by atoms with Crippen LogP contribution in [-0.2, 0) is 0 Å². The van der Waals surface area contributed by atoms with Gasteiger partial charge in [-0.2, -0.15) is 5.26 Å². The number of amides is 1. The zero-order valence-electron chi connectivity index (χ0n) is 10.4. The monoisotopic (exact) mass is 272 g/mol. The van der Waals surface area contributed by atoms with Gasteiger partial charge in [-0.25, -0.2) is 9.37 Å². The molecule has 2 aromatic rings. The molecule has 0 saturated heterocycles. The van der Waals surface area contributed by atoms with E-state index in [4.69, 9.17) is 5.26 Å². The van der Waals surface area contributed by atoms with Crippen molar-refractivity contribution in [2.75, 3.05) is 5.32 Å². The first kappa shape index (κ1) is 13.4. The van der Waals surface area contributed by atoms with Crippen molar-refractivity contribution in [3.8, 4) is 6.07 Å². The number of aromatic nitrogens is 2. The molecule has 2 heterocycles. The van der Waals surface area contributed by atoms with Crippen molar-refractivity contribution in [3.05, 3.63) is 57.4 Å². The van der Waals surface area contributed by atoms with E-state index in [0.717, 1.165) is 18.3 Å². The molecule has 0 radical (unpaired) electrons. The SMILES string of the molecule is Cc1c(C#N)cc(=O)[nH]c1C(=O)Nc1ccc(F)cn1. The highest BCUT2D eigenvalue weighted by atomic mass is 19.1. The van der Waals surface area contributed by atoms with Crippen LogP contribution in [0.5, 0.6) is 0 Å². The van der Waals surface area contributed by atoms with Crippen LogP contribution in [0.3, 0.4) is 0 Å². The molecule has 0 spiro atoms. The van der Waals surface area contributed by atoms with Gasteiger partial charge in [-0.3, -0.25) is 9.59 Å². The molecule has 2 aromatic heterocycles. The van der Waals surface area contributed by atoms with Crippen LogP contribution in [0.2, 0.25) is 0 Å². The van der Waals surface area contributed by atoms with Gasteiger partial charge in [0.05, 0.1) is 17.8 Å². The van der Waals surface area contributed by atoms with Crippen LogP contribution in [0.1, 0.15) is 21.6 Å². The number of pyridine rings is 2. The standard InChI is InChI=1S/C13H9FN4O2/c1-7-8(5-15)4-11(19)18-12(7)13(20)17-10-3-2-9(14)6-16-10/h2-4,6H,1H3,(H,18,19)(H,16,17,20). The van der Waals surface area contributed by atoms with Gasteiger partial charge in [0.2, 0.25) is 5.56 Å². The number of carbonyl (C=O) groups excluding carboxylic acids is 1. The molecule has 0 saturated carbocycles. The predicted molar refractivity (Wildman–Crippen MR) is 68.7 cm³/mol. The second-order valence-corrected chi connectivity index (χ2v) is 3.97. The zero-order valence-corrected chi connectivity index (χ0v) is 10.4. The van der Waals surface area contributed by atoms with E-state index in [1.54, 1.807) is 6.92 Å².